The number of anilines is 2. The second kappa shape index (κ2) is 8.49. The molecule has 1 fully saturated rings. The Labute approximate surface area is 156 Å². The number of piperidine rings is 1. The lowest BCUT2D eigenvalue weighted by molar-refractivity contribution is 0.0959. The number of rotatable bonds is 6. The maximum atomic E-state index is 12.0. The number of carbonyl (C=O) groups is 1. The Hall–Kier alpha value is -1.86. The Morgan fingerprint density at radius 3 is 2.76 bits per heavy atom. The Morgan fingerprint density at radius 1 is 1.24 bits per heavy atom. The minimum Gasteiger partial charge on any atom is -0.356 e. The van der Waals surface area contributed by atoms with Crippen LogP contribution in [0, 0.1) is 6.92 Å². The highest BCUT2D eigenvalue weighted by Gasteiger charge is 2.14. The molecular weight excluding hydrogens is 358 g/mol. The summed E-state index contributed by atoms with van der Waals surface area (Å²) in [7, 11) is 0. The Morgan fingerprint density at radius 2 is 2.04 bits per heavy atom. The molecule has 0 aromatic carbocycles. The number of nitrogens with zero attached hydrogens (tertiary/aromatic N) is 3. The van der Waals surface area contributed by atoms with Gasteiger partial charge < -0.3 is 15.5 Å². The summed E-state index contributed by atoms with van der Waals surface area (Å²) in [5.41, 5.74) is 0.940. The van der Waals surface area contributed by atoms with Gasteiger partial charge in [0, 0.05) is 37.9 Å². The van der Waals surface area contributed by atoms with E-state index in [9.17, 15) is 4.79 Å². The molecule has 25 heavy (non-hydrogen) atoms. The van der Waals surface area contributed by atoms with Gasteiger partial charge in [0.25, 0.3) is 5.91 Å². The number of hydrogen-bond donors (Lipinski definition) is 2. The predicted molar refractivity (Wildman–Crippen MR) is 103 cm³/mol. The molecule has 1 aliphatic heterocycles. The molecule has 134 valence electrons. The maximum absolute atomic E-state index is 12.0. The van der Waals surface area contributed by atoms with E-state index >= 15 is 0 Å². The van der Waals surface area contributed by atoms with Gasteiger partial charge in [0.15, 0.2) is 0 Å². The van der Waals surface area contributed by atoms with E-state index in [0.717, 1.165) is 24.6 Å². The normalized spacial score (nSPS) is 14.4. The molecule has 0 spiro atoms. The molecule has 0 radical (unpaired) electrons. The highest BCUT2D eigenvalue weighted by atomic mass is 35.5. The molecule has 3 rings (SSSR count). The van der Waals surface area contributed by atoms with Crippen LogP contribution < -0.4 is 15.5 Å². The van der Waals surface area contributed by atoms with Gasteiger partial charge in [-0.25, -0.2) is 4.98 Å². The molecule has 0 bridgehead atoms. The van der Waals surface area contributed by atoms with Crippen molar-refractivity contribution in [2.24, 2.45) is 0 Å². The predicted octanol–water partition coefficient (Wildman–Crippen LogP) is 3.33. The van der Waals surface area contributed by atoms with Crippen LogP contribution in [0.2, 0.25) is 4.34 Å². The summed E-state index contributed by atoms with van der Waals surface area (Å²) in [4.78, 5) is 23.9. The van der Waals surface area contributed by atoms with Crippen LogP contribution in [0.1, 0.15) is 34.6 Å². The Kier molecular flexibility index (Phi) is 6.09. The molecule has 6 nitrogen and oxygen atoms in total. The number of hydrogen-bond acceptors (Lipinski definition) is 6. The zero-order valence-electron chi connectivity index (χ0n) is 14.2. The van der Waals surface area contributed by atoms with E-state index in [1.54, 1.807) is 12.1 Å². The quantitative estimate of drug-likeness (QED) is 0.753. The van der Waals surface area contributed by atoms with Gasteiger partial charge in [-0.1, -0.05) is 11.6 Å². The third-order valence-electron chi connectivity index (χ3n) is 4.01. The molecule has 2 aromatic rings. The minimum atomic E-state index is -0.113. The third kappa shape index (κ3) is 5.06. The van der Waals surface area contributed by atoms with Gasteiger partial charge in [-0.15, -0.1) is 11.3 Å². The molecule has 1 amide bonds. The van der Waals surface area contributed by atoms with Crippen molar-refractivity contribution in [2.45, 2.75) is 26.2 Å². The number of carbonyl (C=O) groups excluding carboxylic acids is 1. The molecule has 2 N–H and O–H groups in total. The molecule has 0 aliphatic carbocycles. The van der Waals surface area contributed by atoms with E-state index in [4.69, 9.17) is 11.6 Å². The van der Waals surface area contributed by atoms with Crippen LogP contribution in [-0.2, 0) is 0 Å². The largest absolute Gasteiger partial charge is 0.356 e. The fourth-order valence-corrected chi connectivity index (χ4v) is 3.75. The highest BCUT2D eigenvalue weighted by Crippen LogP contribution is 2.21. The molecule has 1 saturated heterocycles. The van der Waals surface area contributed by atoms with Gasteiger partial charge in [0.05, 0.1) is 9.21 Å². The van der Waals surface area contributed by atoms with Crippen molar-refractivity contribution in [1.82, 2.24) is 15.3 Å². The first kappa shape index (κ1) is 17.9. The number of thiophene rings is 1. The summed E-state index contributed by atoms with van der Waals surface area (Å²) >= 11 is 7.12. The molecule has 0 atom stereocenters. The lowest BCUT2D eigenvalue weighted by Crippen LogP contribution is -2.31. The van der Waals surface area contributed by atoms with Crippen molar-refractivity contribution in [2.75, 3.05) is 36.4 Å². The van der Waals surface area contributed by atoms with Crippen LogP contribution in [0.4, 0.5) is 11.8 Å². The molecule has 2 aromatic heterocycles. The number of aryl methyl sites for hydroxylation is 1. The van der Waals surface area contributed by atoms with E-state index in [-0.39, 0.29) is 5.91 Å². The van der Waals surface area contributed by atoms with Crippen molar-refractivity contribution >= 4 is 40.6 Å². The van der Waals surface area contributed by atoms with Gasteiger partial charge in [-0.3, -0.25) is 4.79 Å². The zero-order valence-corrected chi connectivity index (χ0v) is 15.8. The summed E-state index contributed by atoms with van der Waals surface area (Å²) in [6.07, 6.45) is 3.72. The first-order chi connectivity index (χ1) is 12.1. The first-order valence-corrected chi connectivity index (χ1v) is 9.69. The van der Waals surface area contributed by atoms with Crippen molar-refractivity contribution < 1.29 is 4.79 Å². The van der Waals surface area contributed by atoms with E-state index in [0.29, 0.717) is 28.3 Å². The summed E-state index contributed by atoms with van der Waals surface area (Å²) in [6, 6.07) is 5.48. The fraction of sp³-hybridized carbons (Fsp3) is 0.471. The third-order valence-corrected chi connectivity index (χ3v) is 5.24. The van der Waals surface area contributed by atoms with E-state index < -0.39 is 0 Å². The van der Waals surface area contributed by atoms with Gasteiger partial charge in [0.1, 0.15) is 5.82 Å². The Bertz CT molecular complexity index is 730. The molecule has 0 saturated carbocycles. The van der Waals surface area contributed by atoms with Crippen LogP contribution >= 0.6 is 22.9 Å². The van der Waals surface area contributed by atoms with Gasteiger partial charge in [0.2, 0.25) is 5.95 Å². The minimum absolute atomic E-state index is 0.113. The van der Waals surface area contributed by atoms with Crippen molar-refractivity contribution in [3.8, 4) is 0 Å². The van der Waals surface area contributed by atoms with Crippen molar-refractivity contribution in [3.63, 3.8) is 0 Å². The lowest BCUT2D eigenvalue weighted by atomic mass is 10.1. The summed E-state index contributed by atoms with van der Waals surface area (Å²) in [6.45, 7) is 5.13. The monoisotopic (exact) mass is 379 g/mol. The fourth-order valence-electron chi connectivity index (χ4n) is 2.79. The van der Waals surface area contributed by atoms with Gasteiger partial charge in [-0.2, -0.15) is 4.98 Å². The van der Waals surface area contributed by atoms with Gasteiger partial charge in [-0.05, 0) is 38.3 Å². The number of aromatic nitrogens is 2. The van der Waals surface area contributed by atoms with Crippen LogP contribution in [-0.4, -0.2) is 42.1 Å². The SMILES string of the molecule is Cc1cc(N2CCCCC2)nc(NCCNC(=O)c2ccc(Cl)s2)n1. The Balaban J connectivity index is 1.51. The standard InChI is InChI=1S/C17H22ClN5OS/c1-12-11-15(23-9-3-2-4-10-23)22-17(21-12)20-8-7-19-16(24)13-5-6-14(18)25-13/h5-6,11H,2-4,7-10H2,1H3,(H,19,24)(H,20,21,22). The van der Waals surface area contributed by atoms with E-state index in [2.05, 4.69) is 25.5 Å². The second-order valence-corrected chi connectivity index (χ2v) is 7.74. The molecule has 1 aliphatic rings. The topological polar surface area (TPSA) is 70.2 Å². The maximum Gasteiger partial charge on any atom is 0.261 e. The zero-order chi connectivity index (χ0) is 17.6. The van der Waals surface area contributed by atoms with Gasteiger partial charge >= 0.3 is 0 Å². The molecular formula is C17H22ClN5OS. The number of halogens is 1. The van der Waals surface area contributed by atoms with Crippen LogP contribution in [0.3, 0.4) is 0 Å². The van der Waals surface area contributed by atoms with E-state index in [1.165, 1.54) is 30.6 Å². The lowest BCUT2D eigenvalue weighted by Gasteiger charge is -2.28. The summed E-state index contributed by atoms with van der Waals surface area (Å²) in [5.74, 6) is 1.47. The molecule has 0 unspecified atom stereocenters. The second-order valence-electron chi connectivity index (χ2n) is 6.03. The first-order valence-electron chi connectivity index (χ1n) is 8.50. The summed E-state index contributed by atoms with van der Waals surface area (Å²) < 4.78 is 0.613. The highest BCUT2D eigenvalue weighted by molar-refractivity contribution is 7.17. The van der Waals surface area contributed by atoms with Crippen molar-refractivity contribution in [1.29, 1.82) is 0 Å². The van der Waals surface area contributed by atoms with E-state index in [1.807, 2.05) is 13.0 Å². The number of amides is 1. The molecule has 8 heteroatoms. The number of nitrogens with one attached hydrogen (secondary N) is 2. The van der Waals surface area contributed by atoms with Crippen LogP contribution in [0.25, 0.3) is 0 Å². The average molecular weight is 380 g/mol. The molecule has 3 heterocycles. The summed E-state index contributed by atoms with van der Waals surface area (Å²) in [5, 5.41) is 6.05. The van der Waals surface area contributed by atoms with Crippen LogP contribution in [0.5, 0.6) is 0 Å². The van der Waals surface area contributed by atoms with Crippen molar-refractivity contribution in [3.05, 3.63) is 33.1 Å². The smallest absolute Gasteiger partial charge is 0.261 e. The van der Waals surface area contributed by atoms with Crippen LogP contribution in [0.15, 0.2) is 18.2 Å². The average Bonchev–Trinajstić information content (AvgIpc) is 3.05.